The van der Waals surface area contributed by atoms with Gasteiger partial charge in [0.1, 0.15) is 0 Å². The molecule has 0 radical (unpaired) electrons. The SMILES string of the molecule is CC#CCCNc1ncccc1F. The second-order valence-corrected chi connectivity index (χ2v) is 2.44. The molecule has 1 N–H and O–H groups in total. The first-order valence-electron chi connectivity index (χ1n) is 4.08. The van der Waals surface area contributed by atoms with Crippen LogP contribution in [0.15, 0.2) is 18.3 Å². The summed E-state index contributed by atoms with van der Waals surface area (Å²) in [4.78, 5) is 3.84. The average molecular weight is 178 g/mol. The summed E-state index contributed by atoms with van der Waals surface area (Å²) in [6.07, 6.45) is 2.25. The van der Waals surface area contributed by atoms with Gasteiger partial charge in [0, 0.05) is 19.2 Å². The molecule has 0 aromatic carbocycles. The van der Waals surface area contributed by atoms with Gasteiger partial charge >= 0.3 is 0 Å². The van der Waals surface area contributed by atoms with E-state index in [1.807, 2.05) is 0 Å². The smallest absolute Gasteiger partial charge is 0.165 e. The van der Waals surface area contributed by atoms with Crippen molar-refractivity contribution in [2.45, 2.75) is 13.3 Å². The predicted molar refractivity (Wildman–Crippen MR) is 50.8 cm³/mol. The maximum atomic E-state index is 12.9. The average Bonchev–Trinajstić information content (AvgIpc) is 2.15. The number of anilines is 1. The molecule has 13 heavy (non-hydrogen) atoms. The second-order valence-electron chi connectivity index (χ2n) is 2.44. The second kappa shape index (κ2) is 5.15. The van der Waals surface area contributed by atoms with Crippen molar-refractivity contribution >= 4 is 5.82 Å². The number of hydrogen-bond acceptors (Lipinski definition) is 2. The molecule has 0 bridgehead atoms. The van der Waals surface area contributed by atoms with Gasteiger partial charge in [-0.3, -0.25) is 0 Å². The van der Waals surface area contributed by atoms with Crippen LogP contribution in [-0.4, -0.2) is 11.5 Å². The summed E-state index contributed by atoms with van der Waals surface area (Å²) in [7, 11) is 0. The largest absolute Gasteiger partial charge is 0.367 e. The van der Waals surface area contributed by atoms with Crippen molar-refractivity contribution in [3.05, 3.63) is 24.1 Å². The lowest BCUT2D eigenvalue weighted by molar-refractivity contribution is 0.624. The minimum Gasteiger partial charge on any atom is -0.367 e. The van der Waals surface area contributed by atoms with Crippen molar-refractivity contribution in [3.63, 3.8) is 0 Å². The summed E-state index contributed by atoms with van der Waals surface area (Å²) in [5.41, 5.74) is 0. The molecule has 0 atom stereocenters. The molecule has 2 nitrogen and oxygen atoms in total. The lowest BCUT2D eigenvalue weighted by Gasteiger charge is -2.02. The molecule has 0 spiro atoms. The van der Waals surface area contributed by atoms with Gasteiger partial charge in [-0.05, 0) is 19.1 Å². The Balaban J connectivity index is 2.44. The molecule has 1 rings (SSSR count). The third-order valence-electron chi connectivity index (χ3n) is 1.48. The lowest BCUT2D eigenvalue weighted by Crippen LogP contribution is -2.04. The fourth-order valence-electron chi connectivity index (χ4n) is 0.884. The quantitative estimate of drug-likeness (QED) is 0.566. The molecule has 1 aromatic rings. The van der Waals surface area contributed by atoms with Gasteiger partial charge in [0.2, 0.25) is 0 Å². The van der Waals surface area contributed by atoms with Gasteiger partial charge in [-0.2, -0.15) is 0 Å². The first-order valence-corrected chi connectivity index (χ1v) is 4.08. The van der Waals surface area contributed by atoms with E-state index in [2.05, 4.69) is 22.1 Å². The van der Waals surface area contributed by atoms with E-state index in [1.165, 1.54) is 6.07 Å². The van der Waals surface area contributed by atoms with Gasteiger partial charge in [-0.1, -0.05) is 0 Å². The fraction of sp³-hybridized carbons (Fsp3) is 0.300. The number of nitrogens with one attached hydrogen (secondary N) is 1. The number of rotatable bonds is 3. The van der Waals surface area contributed by atoms with Crippen molar-refractivity contribution in [2.75, 3.05) is 11.9 Å². The molecular weight excluding hydrogens is 167 g/mol. The highest BCUT2D eigenvalue weighted by atomic mass is 19.1. The van der Waals surface area contributed by atoms with Crippen LogP contribution in [0.5, 0.6) is 0 Å². The fourth-order valence-corrected chi connectivity index (χ4v) is 0.884. The van der Waals surface area contributed by atoms with E-state index in [9.17, 15) is 4.39 Å². The maximum Gasteiger partial charge on any atom is 0.165 e. The Labute approximate surface area is 77.2 Å². The number of pyridine rings is 1. The highest BCUT2D eigenvalue weighted by Crippen LogP contribution is 2.07. The van der Waals surface area contributed by atoms with Gasteiger partial charge in [0.15, 0.2) is 11.6 Å². The monoisotopic (exact) mass is 178 g/mol. The Morgan fingerprint density at radius 3 is 3.15 bits per heavy atom. The normalized spacial score (nSPS) is 8.77. The Morgan fingerprint density at radius 2 is 2.46 bits per heavy atom. The third-order valence-corrected chi connectivity index (χ3v) is 1.48. The highest BCUT2D eigenvalue weighted by molar-refractivity contribution is 5.35. The highest BCUT2D eigenvalue weighted by Gasteiger charge is 1.98. The van der Waals surface area contributed by atoms with Crippen LogP contribution in [-0.2, 0) is 0 Å². The van der Waals surface area contributed by atoms with E-state index in [1.54, 1.807) is 19.2 Å². The van der Waals surface area contributed by atoms with Crippen LogP contribution in [0.4, 0.5) is 10.2 Å². The molecule has 0 aliphatic carbocycles. The van der Waals surface area contributed by atoms with Crippen molar-refractivity contribution < 1.29 is 4.39 Å². The maximum absolute atomic E-state index is 12.9. The standard InChI is InChI=1S/C10H11FN2/c1-2-3-4-7-12-10-9(11)6-5-8-13-10/h5-6,8H,4,7H2,1H3,(H,12,13). The van der Waals surface area contributed by atoms with Crippen molar-refractivity contribution in [1.82, 2.24) is 4.98 Å². The molecule has 3 heteroatoms. The number of nitrogens with zero attached hydrogens (tertiary/aromatic N) is 1. The van der Waals surface area contributed by atoms with E-state index in [4.69, 9.17) is 0 Å². The van der Waals surface area contributed by atoms with Gasteiger partial charge < -0.3 is 5.32 Å². The van der Waals surface area contributed by atoms with E-state index < -0.39 is 0 Å². The van der Waals surface area contributed by atoms with Gasteiger partial charge in [-0.15, -0.1) is 11.8 Å². The molecule has 1 heterocycles. The number of halogens is 1. The zero-order valence-electron chi connectivity index (χ0n) is 7.47. The van der Waals surface area contributed by atoms with Crippen LogP contribution in [0.2, 0.25) is 0 Å². The minimum absolute atomic E-state index is 0.292. The summed E-state index contributed by atoms with van der Waals surface area (Å²) in [6.45, 7) is 2.40. The summed E-state index contributed by atoms with van der Waals surface area (Å²) >= 11 is 0. The lowest BCUT2D eigenvalue weighted by atomic mass is 10.4. The van der Waals surface area contributed by atoms with Crippen molar-refractivity contribution in [1.29, 1.82) is 0 Å². The van der Waals surface area contributed by atoms with Crippen LogP contribution in [0.25, 0.3) is 0 Å². The molecule has 0 fully saturated rings. The summed E-state index contributed by atoms with van der Waals surface area (Å²) in [5.74, 6) is 5.60. The van der Waals surface area contributed by atoms with Crippen LogP contribution >= 0.6 is 0 Å². The number of hydrogen-bond donors (Lipinski definition) is 1. The van der Waals surface area contributed by atoms with Gasteiger partial charge in [-0.25, -0.2) is 9.37 Å². The molecule has 0 aliphatic heterocycles. The molecule has 0 aliphatic rings. The predicted octanol–water partition coefficient (Wildman–Crippen LogP) is 2.05. The Morgan fingerprint density at radius 1 is 1.62 bits per heavy atom. The Hall–Kier alpha value is -1.56. The van der Waals surface area contributed by atoms with Crippen LogP contribution in [0.3, 0.4) is 0 Å². The molecule has 0 saturated carbocycles. The van der Waals surface area contributed by atoms with Gasteiger partial charge in [0.25, 0.3) is 0 Å². The van der Waals surface area contributed by atoms with Crippen LogP contribution in [0.1, 0.15) is 13.3 Å². The van der Waals surface area contributed by atoms with E-state index in [0.717, 1.165) is 0 Å². The first-order chi connectivity index (χ1) is 6.34. The Bertz CT molecular complexity index is 325. The summed E-state index contributed by atoms with van der Waals surface area (Å²) in [6, 6.07) is 2.94. The first kappa shape index (κ1) is 9.53. The molecule has 0 unspecified atom stereocenters. The minimum atomic E-state index is -0.327. The van der Waals surface area contributed by atoms with Crippen molar-refractivity contribution in [2.24, 2.45) is 0 Å². The van der Waals surface area contributed by atoms with E-state index in [-0.39, 0.29) is 5.82 Å². The molecular formula is C10H11FN2. The zero-order chi connectivity index (χ0) is 9.52. The summed E-state index contributed by atoms with van der Waals surface area (Å²) in [5, 5.41) is 2.86. The topological polar surface area (TPSA) is 24.9 Å². The van der Waals surface area contributed by atoms with E-state index >= 15 is 0 Å². The molecule has 0 amide bonds. The molecule has 68 valence electrons. The van der Waals surface area contributed by atoms with Crippen molar-refractivity contribution in [3.8, 4) is 11.8 Å². The van der Waals surface area contributed by atoms with E-state index in [0.29, 0.717) is 18.8 Å². The third kappa shape index (κ3) is 3.12. The molecule has 1 aromatic heterocycles. The Kier molecular flexibility index (Phi) is 3.77. The van der Waals surface area contributed by atoms with Crippen LogP contribution in [0, 0.1) is 17.7 Å². The summed E-state index contributed by atoms with van der Waals surface area (Å²) < 4.78 is 12.9. The van der Waals surface area contributed by atoms with Crippen LogP contribution < -0.4 is 5.32 Å². The number of aromatic nitrogens is 1. The van der Waals surface area contributed by atoms with Gasteiger partial charge in [0.05, 0.1) is 0 Å². The zero-order valence-corrected chi connectivity index (χ0v) is 7.47. The molecule has 0 saturated heterocycles.